The van der Waals surface area contributed by atoms with Crippen molar-refractivity contribution in [2.24, 2.45) is 0 Å². The van der Waals surface area contributed by atoms with E-state index in [-0.39, 0.29) is 22.0 Å². The monoisotopic (exact) mass is 607 g/mol. The molecule has 2 aromatic rings. The number of unbranched alkanes of at least 4 members (excludes halogenated alkanes) is 2. The molecule has 1 heterocycles. The molecule has 0 fully saturated rings. The standard InChI is InChI=1S/C27H37F3NO7PS/c1-4-6-13-26(14-7-5-2)18-40(35,36)23-15-20(17-39(33,34)38-25(32)27(28,29)30)22(37-3)16-21(23)24(31-26)19-11-9-8-10-12-19/h8-12,15-16,24,31,35-36H,4-7,13-14,17-18H2,1-3H3,(H,33,34). The maximum absolute atomic E-state index is 12.7. The molecule has 3 rings (SSSR count). The highest BCUT2D eigenvalue weighted by Gasteiger charge is 2.46. The van der Waals surface area contributed by atoms with Gasteiger partial charge in [0.15, 0.2) is 0 Å². The number of ether oxygens (including phenoxy) is 1. The summed E-state index contributed by atoms with van der Waals surface area (Å²) in [6, 6.07) is 11.7. The normalized spacial score (nSPS) is 20.5. The largest absolute Gasteiger partial charge is 0.496 e. The number of rotatable bonds is 11. The van der Waals surface area contributed by atoms with E-state index in [1.165, 1.54) is 19.2 Å². The van der Waals surface area contributed by atoms with Crippen LogP contribution in [0.4, 0.5) is 13.2 Å². The summed E-state index contributed by atoms with van der Waals surface area (Å²) in [6.07, 6.45) is -1.62. The van der Waals surface area contributed by atoms with E-state index in [0.29, 0.717) is 18.4 Å². The van der Waals surface area contributed by atoms with Crippen LogP contribution in [0.25, 0.3) is 0 Å². The van der Waals surface area contributed by atoms with Gasteiger partial charge < -0.3 is 14.2 Å². The summed E-state index contributed by atoms with van der Waals surface area (Å²) >= 11 is 0. The van der Waals surface area contributed by atoms with Crippen molar-refractivity contribution in [3.05, 3.63) is 59.2 Å². The lowest BCUT2D eigenvalue weighted by molar-refractivity contribution is -0.190. The first-order valence-corrected chi connectivity index (χ1v) is 16.6. The molecule has 0 saturated carbocycles. The molecule has 8 nitrogen and oxygen atoms in total. The number of hydrogen-bond acceptors (Lipinski definition) is 7. The Balaban J connectivity index is 2.18. The number of hydrogen-bond donors (Lipinski definition) is 4. The fourth-order valence-corrected chi connectivity index (χ4v) is 8.40. The number of halogens is 3. The molecule has 0 aliphatic carbocycles. The Bertz CT molecular complexity index is 1220. The van der Waals surface area contributed by atoms with Crippen LogP contribution in [0.1, 0.15) is 75.1 Å². The summed E-state index contributed by atoms with van der Waals surface area (Å²) in [4.78, 5) is 21.5. The van der Waals surface area contributed by atoms with E-state index in [1.54, 1.807) is 0 Å². The van der Waals surface area contributed by atoms with Gasteiger partial charge in [0.1, 0.15) is 5.75 Å². The molecular weight excluding hydrogens is 570 g/mol. The maximum Gasteiger partial charge on any atom is 0.491 e. The predicted octanol–water partition coefficient (Wildman–Crippen LogP) is 7.41. The summed E-state index contributed by atoms with van der Waals surface area (Å²) in [5.74, 6) is -2.77. The predicted molar refractivity (Wildman–Crippen MR) is 148 cm³/mol. The van der Waals surface area contributed by atoms with Gasteiger partial charge in [-0.3, -0.25) is 14.4 Å². The van der Waals surface area contributed by atoms with Crippen LogP contribution in [0.2, 0.25) is 0 Å². The molecular formula is C27H37F3NO7PS. The molecule has 0 aromatic heterocycles. The number of benzene rings is 2. The van der Waals surface area contributed by atoms with Crippen LogP contribution >= 0.6 is 18.2 Å². The lowest BCUT2D eigenvalue weighted by Crippen LogP contribution is -2.50. The van der Waals surface area contributed by atoms with Crippen LogP contribution in [0.3, 0.4) is 0 Å². The lowest BCUT2D eigenvalue weighted by Gasteiger charge is -2.42. The van der Waals surface area contributed by atoms with Gasteiger partial charge in [-0.25, -0.2) is 9.36 Å². The zero-order valence-corrected chi connectivity index (χ0v) is 24.5. The third-order valence-corrected chi connectivity index (χ3v) is 10.2. The smallest absolute Gasteiger partial charge is 0.491 e. The Labute approximate surface area is 234 Å². The van der Waals surface area contributed by atoms with Gasteiger partial charge in [0.25, 0.3) is 0 Å². The van der Waals surface area contributed by atoms with E-state index in [9.17, 15) is 36.5 Å². The third-order valence-electron chi connectivity index (χ3n) is 6.98. The Kier molecular flexibility index (Phi) is 10.4. The number of methoxy groups -OCH3 is 1. The van der Waals surface area contributed by atoms with Crippen LogP contribution in [-0.2, 0) is 20.0 Å². The highest BCUT2D eigenvalue weighted by atomic mass is 32.3. The molecule has 0 radical (unpaired) electrons. The highest BCUT2D eigenvalue weighted by Crippen LogP contribution is 2.59. The van der Waals surface area contributed by atoms with E-state index < -0.39 is 48.1 Å². The molecule has 224 valence electrons. The third kappa shape index (κ3) is 7.80. The number of nitrogens with one attached hydrogen (secondary N) is 1. The minimum absolute atomic E-state index is 0.0120. The van der Waals surface area contributed by atoms with Crippen molar-refractivity contribution in [1.82, 2.24) is 5.32 Å². The molecule has 4 N–H and O–H groups in total. The number of carbonyl (C=O) groups is 1. The first-order valence-electron chi connectivity index (χ1n) is 13.1. The minimum atomic E-state index is -5.46. The summed E-state index contributed by atoms with van der Waals surface area (Å²) in [6.45, 7) is 4.11. The topological polar surface area (TPSA) is 125 Å². The number of fused-ring (bicyclic) bond motifs is 1. The maximum atomic E-state index is 12.7. The van der Waals surface area contributed by atoms with Crippen molar-refractivity contribution in [2.75, 3.05) is 12.9 Å². The number of carbonyl (C=O) groups excluding carboxylic acids is 1. The molecule has 0 amide bonds. The molecule has 13 heteroatoms. The van der Waals surface area contributed by atoms with Crippen molar-refractivity contribution in [3.63, 3.8) is 0 Å². The SMILES string of the molecule is CCCCC1(CCCC)CS(O)(O)c2cc(CP(=O)(O)OC(=O)C(F)(F)F)c(OC)cc2C(c2ccccc2)N1. The lowest BCUT2D eigenvalue weighted by atomic mass is 9.86. The molecule has 2 aromatic carbocycles. The zero-order chi connectivity index (χ0) is 29.8. The summed E-state index contributed by atoms with van der Waals surface area (Å²) in [5, 5.41) is 3.74. The van der Waals surface area contributed by atoms with Gasteiger partial charge in [0.05, 0.1) is 30.0 Å². The van der Waals surface area contributed by atoms with Gasteiger partial charge in [0, 0.05) is 16.7 Å². The van der Waals surface area contributed by atoms with Crippen LogP contribution in [0.15, 0.2) is 47.4 Å². The fourth-order valence-electron chi connectivity index (χ4n) is 5.11. The van der Waals surface area contributed by atoms with Crippen molar-refractivity contribution in [3.8, 4) is 5.75 Å². The Hall–Kier alpha value is -2.08. The Morgan fingerprint density at radius 1 is 1.12 bits per heavy atom. The van der Waals surface area contributed by atoms with Crippen LogP contribution in [0.5, 0.6) is 5.75 Å². The Morgan fingerprint density at radius 3 is 2.25 bits per heavy atom. The highest BCUT2D eigenvalue weighted by molar-refractivity contribution is 8.24. The van der Waals surface area contributed by atoms with E-state index in [0.717, 1.165) is 31.2 Å². The van der Waals surface area contributed by atoms with Gasteiger partial charge in [0.2, 0.25) is 0 Å². The van der Waals surface area contributed by atoms with Gasteiger partial charge >= 0.3 is 19.7 Å². The van der Waals surface area contributed by atoms with Gasteiger partial charge in [-0.2, -0.15) is 23.8 Å². The zero-order valence-electron chi connectivity index (χ0n) is 22.7. The van der Waals surface area contributed by atoms with Crippen LogP contribution < -0.4 is 10.1 Å². The summed E-state index contributed by atoms with van der Waals surface area (Å²) in [7, 11) is -7.38. The quantitative estimate of drug-likeness (QED) is 0.195. The summed E-state index contributed by atoms with van der Waals surface area (Å²) in [5.41, 5.74) is 0.580. The van der Waals surface area contributed by atoms with Crippen LogP contribution in [0, 0.1) is 0 Å². The van der Waals surface area contributed by atoms with Crippen molar-refractivity contribution < 1.29 is 45.8 Å². The van der Waals surface area contributed by atoms with E-state index >= 15 is 0 Å². The average molecular weight is 608 g/mol. The summed E-state index contributed by atoms with van der Waals surface area (Å²) < 4.78 is 83.2. The van der Waals surface area contributed by atoms with Crippen molar-refractivity contribution in [2.45, 2.75) is 81.2 Å². The molecule has 2 unspecified atom stereocenters. The van der Waals surface area contributed by atoms with Crippen molar-refractivity contribution in [1.29, 1.82) is 0 Å². The average Bonchev–Trinajstić information content (AvgIpc) is 2.97. The second-order valence-corrected chi connectivity index (χ2v) is 14.0. The molecule has 0 bridgehead atoms. The molecule has 0 saturated heterocycles. The molecule has 1 aliphatic rings. The molecule has 40 heavy (non-hydrogen) atoms. The fraction of sp³-hybridized carbons (Fsp3) is 0.519. The van der Waals surface area contributed by atoms with Gasteiger partial charge in [-0.05, 0) is 30.5 Å². The molecule has 1 aliphatic heterocycles. The van der Waals surface area contributed by atoms with Crippen LogP contribution in [-0.4, -0.2) is 44.5 Å². The second kappa shape index (κ2) is 12.8. The molecule has 2 atom stereocenters. The second-order valence-electron chi connectivity index (χ2n) is 10.2. The Morgan fingerprint density at radius 2 is 1.73 bits per heavy atom. The number of alkyl halides is 3. The van der Waals surface area contributed by atoms with Gasteiger partial charge in [-0.1, -0.05) is 69.9 Å². The van der Waals surface area contributed by atoms with Gasteiger partial charge in [-0.15, -0.1) is 0 Å². The van der Waals surface area contributed by atoms with E-state index in [1.807, 2.05) is 30.3 Å². The molecule has 0 spiro atoms. The first-order chi connectivity index (χ1) is 18.7. The van der Waals surface area contributed by atoms with E-state index in [2.05, 4.69) is 23.7 Å². The minimum Gasteiger partial charge on any atom is -0.496 e. The van der Waals surface area contributed by atoms with Crippen molar-refractivity contribution >= 4 is 24.2 Å². The van der Waals surface area contributed by atoms with E-state index in [4.69, 9.17) is 4.74 Å². The first kappa shape index (κ1) is 32.4.